The van der Waals surface area contributed by atoms with Gasteiger partial charge in [-0.1, -0.05) is 12.1 Å². The second kappa shape index (κ2) is 8.82. The summed E-state index contributed by atoms with van der Waals surface area (Å²) in [6.45, 7) is 11.3. The quantitative estimate of drug-likeness (QED) is 0.766. The van der Waals surface area contributed by atoms with E-state index < -0.39 is 6.10 Å². The molecule has 0 aromatic heterocycles. The molecule has 1 aromatic carbocycles. The van der Waals surface area contributed by atoms with E-state index in [1.165, 1.54) is 0 Å². The molecule has 0 aliphatic carbocycles. The zero-order valence-electron chi connectivity index (χ0n) is 17.3. The summed E-state index contributed by atoms with van der Waals surface area (Å²) in [5, 5.41) is 0. The molecule has 1 fully saturated rings. The van der Waals surface area contributed by atoms with Crippen molar-refractivity contribution < 1.29 is 19.1 Å². The third-order valence-electron chi connectivity index (χ3n) is 5.23. The van der Waals surface area contributed by atoms with Gasteiger partial charge in [-0.25, -0.2) is 0 Å². The molecule has 2 heterocycles. The van der Waals surface area contributed by atoms with Crippen molar-refractivity contribution in [1.29, 1.82) is 0 Å². The predicted molar refractivity (Wildman–Crippen MR) is 106 cm³/mol. The van der Waals surface area contributed by atoms with Gasteiger partial charge in [0.1, 0.15) is 6.61 Å². The first-order valence-corrected chi connectivity index (χ1v) is 10.1. The first-order chi connectivity index (χ1) is 13.4. The molecular weight excluding hydrogens is 358 g/mol. The van der Waals surface area contributed by atoms with E-state index in [9.17, 15) is 9.59 Å². The summed E-state index contributed by atoms with van der Waals surface area (Å²) in [5.74, 6) is 1.38. The van der Waals surface area contributed by atoms with Crippen LogP contribution in [0, 0.1) is 0 Å². The van der Waals surface area contributed by atoms with Gasteiger partial charge in [0.05, 0.1) is 6.54 Å². The Labute approximate surface area is 167 Å². The van der Waals surface area contributed by atoms with E-state index >= 15 is 0 Å². The minimum absolute atomic E-state index is 0.0496. The van der Waals surface area contributed by atoms with Crippen molar-refractivity contribution in [2.75, 3.05) is 39.3 Å². The zero-order valence-corrected chi connectivity index (χ0v) is 17.3. The van der Waals surface area contributed by atoms with Gasteiger partial charge in [-0.2, -0.15) is 0 Å². The Balaban J connectivity index is 1.50. The summed E-state index contributed by atoms with van der Waals surface area (Å²) in [5.41, 5.74) is 0. The topological polar surface area (TPSA) is 62.3 Å². The fourth-order valence-electron chi connectivity index (χ4n) is 3.92. The number of hydrogen-bond acceptors (Lipinski definition) is 5. The minimum Gasteiger partial charge on any atom is -0.485 e. The highest BCUT2D eigenvalue weighted by Gasteiger charge is 2.33. The van der Waals surface area contributed by atoms with Crippen LogP contribution in [0.25, 0.3) is 0 Å². The molecule has 7 heteroatoms. The van der Waals surface area contributed by atoms with E-state index in [4.69, 9.17) is 9.47 Å². The number of nitrogens with zero attached hydrogens (tertiary/aromatic N) is 3. The Hall–Kier alpha value is -2.28. The van der Waals surface area contributed by atoms with Crippen molar-refractivity contribution in [1.82, 2.24) is 14.7 Å². The fourth-order valence-corrected chi connectivity index (χ4v) is 3.92. The average molecular weight is 389 g/mol. The Morgan fingerprint density at radius 2 is 1.64 bits per heavy atom. The third kappa shape index (κ3) is 4.58. The molecule has 0 radical (unpaired) electrons. The highest BCUT2D eigenvalue weighted by molar-refractivity contribution is 5.82. The van der Waals surface area contributed by atoms with Gasteiger partial charge in [0.2, 0.25) is 12.0 Å². The smallest absolute Gasteiger partial charge is 0.267 e. The summed E-state index contributed by atoms with van der Waals surface area (Å²) in [7, 11) is 0. The number of fused-ring (bicyclic) bond motifs is 1. The molecule has 2 aliphatic heterocycles. The third-order valence-corrected chi connectivity index (χ3v) is 5.23. The van der Waals surface area contributed by atoms with Gasteiger partial charge in [0, 0.05) is 38.3 Å². The molecule has 0 saturated carbocycles. The zero-order chi connectivity index (χ0) is 20.3. The van der Waals surface area contributed by atoms with Crippen LogP contribution in [0.2, 0.25) is 0 Å². The van der Waals surface area contributed by atoms with Crippen molar-refractivity contribution >= 4 is 11.8 Å². The molecule has 154 valence electrons. The van der Waals surface area contributed by atoms with E-state index in [2.05, 4.69) is 4.90 Å². The molecule has 1 aromatic rings. The number of ether oxygens (including phenoxy) is 2. The Morgan fingerprint density at radius 1 is 1.04 bits per heavy atom. The van der Waals surface area contributed by atoms with Crippen molar-refractivity contribution in [3.05, 3.63) is 24.3 Å². The molecule has 0 spiro atoms. The van der Waals surface area contributed by atoms with E-state index in [1.807, 2.05) is 61.8 Å². The van der Waals surface area contributed by atoms with Gasteiger partial charge in [0.25, 0.3) is 5.91 Å². The second-order valence-corrected chi connectivity index (χ2v) is 7.95. The molecule has 1 atom stereocenters. The Kier molecular flexibility index (Phi) is 6.44. The molecule has 1 unspecified atom stereocenters. The fraction of sp³-hybridized carbons (Fsp3) is 0.619. The summed E-state index contributed by atoms with van der Waals surface area (Å²) in [6.07, 6.45) is -0.611. The lowest BCUT2D eigenvalue weighted by molar-refractivity contribution is -0.143. The van der Waals surface area contributed by atoms with Gasteiger partial charge < -0.3 is 19.3 Å². The molecule has 1 saturated heterocycles. The van der Waals surface area contributed by atoms with Crippen LogP contribution in [0.4, 0.5) is 0 Å². The van der Waals surface area contributed by atoms with Crippen molar-refractivity contribution in [3.63, 3.8) is 0 Å². The van der Waals surface area contributed by atoms with Crippen LogP contribution in [0.15, 0.2) is 24.3 Å². The molecular formula is C21H31N3O4. The van der Waals surface area contributed by atoms with Crippen LogP contribution in [-0.2, 0) is 9.59 Å². The van der Waals surface area contributed by atoms with Gasteiger partial charge in [0.15, 0.2) is 11.5 Å². The molecule has 0 bridgehead atoms. The maximum absolute atomic E-state index is 12.8. The van der Waals surface area contributed by atoms with Crippen LogP contribution in [0.1, 0.15) is 27.7 Å². The molecule has 0 N–H and O–H groups in total. The lowest BCUT2D eigenvalue weighted by atomic mass is 10.2. The Bertz CT molecular complexity index is 691. The molecule has 2 amide bonds. The lowest BCUT2D eigenvalue weighted by Crippen LogP contribution is -2.56. The van der Waals surface area contributed by atoms with Crippen LogP contribution in [0.3, 0.4) is 0 Å². The van der Waals surface area contributed by atoms with Gasteiger partial charge >= 0.3 is 0 Å². The summed E-state index contributed by atoms with van der Waals surface area (Å²) < 4.78 is 11.5. The summed E-state index contributed by atoms with van der Waals surface area (Å²) >= 11 is 0. The highest BCUT2D eigenvalue weighted by atomic mass is 16.6. The van der Waals surface area contributed by atoms with Crippen molar-refractivity contribution in [2.45, 2.75) is 45.9 Å². The highest BCUT2D eigenvalue weighted by Crippen LogP contribution is 2.31. The van der Waals surface area contributed by atoms with Crippen LogP contribution in [-0.4, -0.2) is 84.0 Å². The maximum Gasteiger partial charge on any atom is 0.267 e. The number of benzene rings is 1. The van der Waals surface area contributed by atoms with Gasteiger partial charge in [-0.05, 0) is 39.8 Å². The number of carbonyl (C=O) groups excluding carboxylic acids is 2. The SMILES string of the molecule is CC(C)N(C(=O)CN1CCN(C(=O)C2COc3ccccc3O2)CC1)C(C)C. The normalized spacial score (nSPS) is 19.8. The number of hydrogen-bond donors (Lipinski definition) is 0. The summed E-state index contributed by atoms with van der Waals surface area (Å²) in [6, 6.07) is 7.76. The molecule has 28 heavy (non-hydrogen) atoms. The number of rotatable bonds is 5. The van der Waals surface area contributed by atoms with Crippen molar-refractivity contribution in [2.24, 2.45) is 0 Å². The van der Waals surface area contributed by atoms with Gasteiger partial charge in [-0.3, -0.25) is 14.5 Å². The number of amides is 2. The second-order valence-electron chi connectivity index (χ2n) is 7.95. The monoisotopic (exact) mass is 389 g/mol. The summed E-state index contributed by atoms with van der Waals surface area (Å²) in [4.78, 5) is 31.3. The van der Waals surface area contributed by atoms with E-state index in [1.54, 1.807) is 0 Å². The standard InChI is InChI=1S/C21H31N3O4/c1-15(2)24(16(3)4)20(25)13-22-9-11-23(12-10-22)21(26)19-14-27-17-7-5-6-8-18(17)28-19/h5-8,15-16,19H,9-14H2,1-4H3. The minimum atomic E-state index is -0.611. The van der Waals surface area contributed by atoms with E-state index in [0.717, 1.165) is 0 Å². The van der Waals surface area contributed by atoms with Crippen LogP contribution >= 0.6 is 0 Å². The van der Waals surface area contributed by atoms with Crippen LogP contribution < -0.4 is 9.47 Å². The molecule has 3 rings (SSSR count). The largest absolute Gasteiger partial charge is 0.485 e. The number of piperazine rings is 1. The van der Waals surface area contributed by atoms with Gasteiger partial charge in [-0.15, -0.1) is 0 Å². The number of carbonyl (C=O) groups is 2. The van der Waals surface area contributed by atoms with Crippen molar-refractivity contribution in [3.8, 4) is 11.5 Å². The van der Waals surface area contributed by atoms with E-state index in [0.29, 0.717) is 44.2 Å². The van der Waals surface area contributed by atoms with E-state index in [-0.39, 0.29) is 30.5 Å². The first-order valence-electron chi connectivity index (χ1n) is 10.1. The molecule has 7 nitrogen and oxygen atoms in total. The lowest BCUT2D eigenvalue weighted by Gasteiger charge is -2.38. The number of para-hydroxylation sites is 2. The predicted octanol–water partition coefficient (Wildman–Crippen LogP) is 1.62. The Morgan fingerprint density at radius 3 is 2.25 bits per heavy atom. The molecule has 2 aliphatic rings. The average Bonchev–Trinajstić information content (AvgIpc) is 2.67. The van der Waals surface area contributed by atoms with Crippen LogP contribution in [0.5, 0.6) is 11.5 Å². The maximum atomic E-state index is 12.8. The first kappa shape index (κ1) is 20.5.